The number of carbonyl (C=O) groups excluding carboxylic acids is 2. The summed E-state index contributed by atoms with van der Waals surface area (Å²) in [5, 5.41) is 3.83. The van der Waals surface area contributed by atoms with Gasteiger partial charge in [0.15, 0.2) is 0 Å². The van der Waals surface area contributed by atoms with E-state index < -0.39 is 6.04 Å². The minimum atomic E-state index is -0.649. The SMILES string of the molecule is Cc1cc(C)cc(CSCC(=O)N(Cc2c(Cl)cccc2Cl)[C@H](C)C(=O)NC(C)C)c1. The van der Waals surface area contributed by atoms with Crippen LogP contribution in [0, 0.1) is 13.8 Å². The lowest BCUT2D eigenvalue weighted by Crippen LogP contribution is -2.49. The number of benzene rings is 2. The molecule has 0 aliphatic carbocycles. The summed E-state index contributed by atoms with van der Waals surface area (Å²) in [6, 6.07) is 10.9. The number of hydrogen-bond donors (Lipinski definition) is 1. The summed E-state index contributed by atoms with van der Waals surface area (Å²) in [5.74, 6) is 0.651. The van der Waals surface area contributed by atoms with Crippen molar-refractivity contribution in [1.29, 1.82) is 0 Å². The van der Waals surface area contributed by atoms with E-state index in [4.69, 9.17) is 23.2 Å². The van der Waals surface area contributed by atoms with Gasteiger partial charge in [-0.05, 0) is 52.3 Å². The standard InChI is InChI=1S/C24H30Cl2N2O2S/c1-15(2)27-24(30)18(5)28(12-20-21(25)7-6-8-22(20)26)23(29)14-31-13-19-10-16(3)9-17(4)11-19/h6-11,15,18H,12-14H2,1-5H3,(H,27,30)/t18-/m1/s1. The summed E-state index contributed by atoms with van der Waals surface area (Å²) in [5.41, 5.74) is 4.23. The normalized spacial score (nSPS) is 12.0. The molecule has 168 valence electrons. The Morgan fingerprint density at radius 3 is 2.16 bits per heavy atom. The number of carbonyl (C=O) groups is 2. The maximum absolute atomic E-state index is 13.2. The van der Waals surface area contributed by atoms with Crippen LogP contribution in [-0.4, -0.2) is 34.6 Å². The van der Waals surface area contributed by atoms with E-state index in [1.54, 1.807) is 30.0 Å². The van der Waals surface area contributed by atoms with Gasteiger partial charge in [0.1, 0.15) is 6.04 Å². The van der Waals surface area contributed by atoms with Gasteiger partial charge in [-0.3, -0.25) is 9.59 Å². The summed E-state index contributed by atoms with van der Waals surface area (Å²) in [4.78, 5) is 27.4. The molecule has 1 N–H and O–H groups in total. The predicted molar refractivity (Wildman–Crippen MR) is 132 cm³/mol. The number of halogens is 2. The number of amides is 2. The number of thioether (sulfide) groups is 1. The number of hydrogen-bond acceptors (Lipinski definition) is 3. The molecule has 4 nitrogen and oxygen atoms in total. The van der Waals surface area contributed by atoms with Crippen LogP contribution < -0.4 is 5.32 Å². The molecule has 0 saturated carbocycles. The fourth-order valence-electron chi connectivity index (χ4n) is 3.33. The van der Waals surface area contributed by atoms with Gasteiger partial charge in [0, 0.05) is 33.9 Å². The molecule has 7 heteroatoms. The van der Waals surface area contributed by atoms with E-state index >= 15 is 0 Å². The van der Waals surface area contributed by atoms with Gasteiger partial charge in [-0.1, -0.05) is 58.6 Å². The highest BCUT2D eigenvalue weighted by Crippen LogP contribution is 2.27. The van der Waals surface area contributed by atoms with E-state index in [1.807, 2.05) is 13.8 Å². The summed E-state index contributed by atoms with van der Waals surface area (Å²) in [6.45, 7) is 9.82. The first-order chi connectivity index (χ1) is 14.6. The minimum absolute atomic E-state index is 0.0188. The molecule has 0 fully saturated rings. The number of nitrogens with one attached hydrogen (secondary N) is 1. The maximum Gasteiger partial charge on any atom is 0.242 e. The number of nitrogens with zero attached hydrogens (tertiary/aromatic N) is 1. The van der Waals surface area contributed by atoms with Crippen LogP contribution in [0.1, 0.15) is 43.0 Å². The van der Waals surface area contributed by atoms with Gasteiger partial charge in [-0.15, -0.1) is 11.8 Å². The lowest BCUT2D eigenvalue weighted by atomic mass is 10.1. The highest BCUT2D eigenvalue weighted by molar-refractivity contribution is 7.99. The monoisotopic (exact) mass is 480 g/mol. The van der Waals surface area contributed by atoms with Crippen LogP contribution in [0.5, 0.6) is 0 Å². The number of aryl methyl sites for hydroxylation is 2. The maximum atomic E-state index is 13.2. The first-order valence-corrected chi connectivity index (χ1v) is 12.2. The third-order valence-electron chi connectivity index (χ3n) is 4.76. The fourth-order valence-corrected chi connectivity index (χ4v) is 4.69. The molecule has 0 aliphatic heterocycles. The van der Waals surface area contributed by atoms with Crippen molar-refractivity contribution in [3.63, 3.8) is 0 Å². The Kier molecular flexibility index (Phi) is 9.73. The average Bonchev–Trinajstić information content (AvgIpc) is 2.66. The summed E-state index contributed by atoms with van der Waals surface area (Å²) >= 11 is 14.2. The molecule has 0 radical (unpaired) electrons. The van der Waals surface area contributed by atoms with Crippen molar-refractivity contribution >= 4 is 46.8 Å². The van der Waals surface area contributed by atoms with E-state index in [2.05, 4.69) is 37.4 Å². The zero-order chi connectivity index (χ0) is 23.1. The van der Waals surface area contributed by atoms with Gasteiger partial charge < -0.3 is 10.2 Å². The van der Waals surface area contributed by atoms with Crippen molar-refractivity contribution in [3.8, 4) is 0 Å². The third kappa shape index (κ3) is 7.74. The molecule has 0 aromatic heterocycles. The Morgan fingerprint density at radius 1 is 1.03 bits per heavy atom. The highest BCUT2D eigenvalue weighted by atomic mass is 35.5. The van der Waals surface area contributed by atoms with Gasteiger partial charge in [0.05, 0.1) is 5.75 Å². The summed E-state index contributed by atoms with van der Waals surface area (Å²) in [7, 11) is 0. The molecule has 0 heterocycles. The van der Waals surface area contributed by atoms with Crippen LogP contribution in [0.4, 0.5) is 0 Å². The van der Waals surface area contributed by atoms with E-state index in [-0.39, 0.29) is 30.2 Å². The van der Waals surface area contributed by atoms with Crippen molar-refractivity contribution < 1.29 is 9.59 Å². The second kappa shape index (κ2) is 11.8. The quantitative estimate of drug-likeness (QED) is 0.494. The Balaban J connectivity index is 2.16. The topological polar surface area (TPSA) is 49.4 Å². The molecule has 0 bridgehead atoms. The van der Waals surface area contributed by atoms with Crippen LogP contribution in [0.25, 0.3) is 0 Å². The molecular formula is C24H30Cl2N2O2S. The van der Waals surface area contributed by atoms with Gasteiger partial charge >= 0.3 is 0 Å². The van der Waals surface area contributed by atoms with Crippen molar-refractivity contribution in [1.82, 2.24) is 10.2 Å². The molecule has 0 unspecified atom stereocenters. The molecular weight excluding hydrogens is 451 g/mol. The molecule has 31 heavy (non-hydrogen) atoms. The Bertz CT molecular complexity index is 893. The highest BCUT2D eigenvalue weighted by Gasteiger charge is 2.27. The molecule has 0 saturated heterocycles. The molecule has 2 amide bonds. The Morgan fingerprint density at radius 2 is 1.61 bits per heavy atom. The molecule has 2 rings (SSSR count). The Labute approximate surface area is 199 Å². The minimum Gasteiger partial charge on any atom is -0.352 e. The van der Waals surface area contributed by atoms with Crippen molar-refractivity contribution in [2.45, 2.75) is 59.0 Å². The number of rotatable bonds is 9. The van der Waals surface area contributed by atoms with Crippen molar-refractivity contribution in [2.24, 2.45) is 0 Å². The first kappa shape index (κ1) is 25.6. The smallest absolute Gasteiger partial charge is 0.242 e. The molecule has 0 spiro atoms. The van der Waals surface area contributed by atoms with Gasteiger partial charge in [-0.25, -0.2) is 0 Å². The summed E-state index contributed by atoms with van der Waals surface area (Å²) in [6.07, 6.45) is 0. The van der Waals surface area contributed by atoms with Crippen LogP contribution in [0.3, 0.4) is 0 Å². The lowest BCUT2D eigenvalue weighted by molar-refractivity contribution is -0.138. The van der Waals surface area contributed by atoms with Crippen LogP contribution in [0.15, 0.2) is 36.4 Å². The second-order valence-electron chi connectivity index (χ2n) is 8.05. The fraction of sp³-hybridized carbons (Fsp3) is 0.417. The lowest BCUT2D eigenvalue weighted by Gasteiger charge is -2.30. The van der Waals surface area contributed by atoms with Crippen molar-refractivity contribution in [2.75, 3.05) is 5.75 Å². The molecule has 2 aromatic carbocycles. The van der Waals surface area contributed by atoms with E-state index in [9.17, 15) is 9.59 Å². The molecule has 2 aromatic rings. The van der Waals surface area contributed by atoms with Gasteiger partial charge in [0.25, 0.3) is 0 Å². The van der Waals surface area contributed by atoms with E-state index in [0.717, 1.165) is 5.75 Å². The van der Waals surface area contributed by atoms with E-state index in [0.29, 0.717) is 15.6 Å². The van der Waals surface area contributed by atoms with Gasteiger partial charge in [0.2, 0.25) is 11.8 Å². The van der Waals surface area contributed by atoms with E-state index in [1.165, 1.54) is 28.5 Å². The molecule has 1 atom stereocenters. The first-order valence-electron chi connectivity index (χ1n) is 10.3. The predicted octanol–water partition coefficient (Wildman–Crippen LogP) is 5.79. The zero-order valence-electron chi connectivity index (χ0n) is 18.7. The third-order valence-corrected chi connectivity index (χ3v) is 6.46. The largest absolute Gasteiger partial charge is 0.352 e. The zero-order valence-corrected chi connectivity index (χ0v) is 21.0. The van der Waals surface area contributed by atoms with Crippen LogP contribution in [-0.2, 0) is 21.9 Å². The van der Waals surface area contributed by atoms with Gasteiger partial charge in [-0.2, -0.15) is 0 Å². The molecule has 0 aliphatic rings. The second-order valence-corrected chi connectivity index (χ2v) is 9.85. The average molecular weight is 481 g/mol. The Hall–Kier alpha value is -1.69. The van der Waals surface area contributed by atoms with Crippen molar-refractivity contribution in [3.05, 3.63) is 68.7 Å². The van der Waals surface area contributed by atoms with Crippen LogP contribution >= 0.6 is 35.0 Å². The van der Waals surface area contributed by atoms with Crippen LogP contribution in [0.2, 0.25) is 10.0 Å². The summed E-state index contributed by atoms with van der Waals surface area (Å²) < 4.78 is 0.